The van der Waals surface area contributed by atoms with Crippen molar-refractivity contribution in [2.75, 3.05) is 0 Å². The third-order valence-electron chi connectivity index (χ3n) is 3.04. The zero-order valence-electron chi connectivity index (χ0n) is 11.1. The fraction of sp³-hybridized carbons (Fsp3) is 0.133. The molecule has 0 radical (unpaired) electrons. The molecule has 21 heavy (non-hydrogen) atoms. The fourth-order valence-corrected chi connectivity index (χ4v) is 2.06. The molecule has 0 heterocycles. The molecule has 2 rings (SSSR count). The number of aliphatic carboxylic acids is 1. The molecular weight excluding hydrogens is 272 g/mol. The largest absolute Gasteiger partial charge is 0.480 e. The smallest absolute Gasteiger partial charge is 0.326 e. The second-order valence-electron chi connectivity index (χ2n) is 4.56. The van der Waals surface area contributed by atoms with Gasteiger partial charge in [0.2, 0.25) is 5.91 Å². The summed E-state index contributed by atoms with van der Waals surface area (Å²) in [6.07, 6.45) is -0.453. The summed E-state index contributed by atoms with van der Waals surface area (Å²) in [6, 6.07) is 11.1. The molecule has 0 aromatic heterocycles. The number of carboxylic acid groups (broad SMARTS) is 1. The van der Waals surface area contributed by atoms with Crippen molar-refractivity contribution in [2.24, 2.45) is 5.73 Å². The Kier molecular flexibility index (Phi) is 4.18. The van der Waals surface area contributed by atoms with Crippen molar-refractivity contribution in [2.45, 2.75) is 12.5 Å². The molecule has 0 saturated heterocycles. The molecule has 4 N–H and O–H groups in total. The Hall–Kier alpha value is -2.89. The van der Waals surface area contributed by atoms with Crippen LogP contribution in [0.4, 0.5) is 0 Å². The van der Waals surface area contributed by atoms with Gasteiger partial charge in [-0.25, -0.2) is 4.79 Å². The number of carbonyl (C=O) groups excluding carboxylic acids is 2. The van der Waals surface area contributed by atoms with Crippen LogP contribution in [0.3, 0.4) is 0 Å². The lowest BCUT2D eigenvalue weighted by molar-refractivity contribution is -0.140. The third-order valence-corrected chi connectivity index (χ3v) is 3.04. The highest BCUT2D eigenvalue weighted by molar-refractivity contribution is 6.08. The number of carbonyl (C=O) groups is 3. The molecule has 0 aliphatic rings. The summed E-state index contributed by atoms with van der Waals surface area (Å²) in [5.74, 6) is -2.65. The second-order valence-corrected chi connectivity index (χ2v) is 4.56. The molecule has 2 aromatic carbocycles. The number of hydrogen-bond donors (Lipinski definition) is 3. The Morgan fingerprint density at radius 1 is 1.10 bits per heavy atom. The van der Waals surface area contributed by atoms with E-state index in [4.69, 9.17) is 10.8 Å². The first-order valence-electron chi connectivity index (χ1n) is 6.29. The first kappa shape index (κ1) is 14.5. The molecule has 1 unspecified atom stereocenters. The second kappa shape index (κ2) is 6.04. The molecular formula is C15H14N2O4. The van der Waals surface area contributed by atoms with Gasteiger partial charge < -0.3 is 16.2 Å². The Labute approximate surface area is 120 Å². The van der Waals surface area contributed by atoms with Gasteiger partial charge in [0, 0.05) is 5.56 Å². The molecule has 1 atom stereocenters. The van der Waals surface area contributed by atoms with Crippen LogP contribution in [-0.4, -0.2) is 28.9 Å². The molecule has 2 aromatic rings. The van der Waals surface area contributed by atoms with Gasteiger partial charge in [0.25, 0.3) is 5.91 Å². The van der Waals surface area contributed by atoms with Crippen LogP contribution in [0.2, 0.25) is 0 Å². The van der Waals surface area contributed by atoms with E-state index in [1.54, 1.807) is 24.3 Å². The van der Waals surface area contributed by atoms with Crippen LogP contribution < -0.4 is 11.1 Å². The summed E-state index contributed by atoms with van der Waals surface area (Å²) < 4.78 is 0. The highest BCUT2D eigenvalue weighted by Crippen LogP contribution is 2.18. The SMILES string of the molecule is NC(=O)CC(NC(=O)c1cccc2ccccc12)C(=O)O. The average molecular weight is 286 g/mol. The molecule has 0 bridgehead atoms. The van der Waals surface area contributed by atoms with Gasteiger partial charge in [0.15, 0.2) is 0 Å². The molecule has 0 aliphatic carbocycles. The molecule has 6 heteroatoms. The zero-order chi connectivity index (χ0) is 15.4. The van der Waals surface area contributed by atoms with E-state index in [1.165, 1.54) is 0 Å². The molecule has 2 amide bonds. The maximum absolute atomic E-state index is 12.2. The number of fused-ring (bicyclic) bond motifs is 1. The van der Waals surface area contributed by atoms with Crippen molar-refractivity contribution in [3.63, 3.8) is 0 Å². The summed E-state index contributed by atoms with van der Waals surface area (Å²) in [4.78, 5) is 34.1. The fourth-order valence-electron chi connectivity index (χ4n) is 2.06. The standard InChI is InChI=1S/C15H14N2O4/c16-13(18)8-12(15(20)21)17-14(19)11-7-3-5-9-4-1-2-6-10(9)11/h1-7,12H,8H2,(H2,16,18)(H,17,19)(H,20,21). The van der Waals surface area contributed by atoms with E-state index in [-0.39, 0.29) is 0 Å². The Balaban J connectivity index is 2.29. The maximum Gasteiger partial charge on any atom is 0.326 e. The van der Waals surface area contributed by atoms with E-state index < -0.39 is 30.2 Å². The first-order chi connectivity index (χ1) is 9.99. The van der Waals surface area contributed by atoms with E-state index in [0.29, 0.717) is 10.9 Å². The molecule has 6 nitrogen and oxygen atoms in total. The predicted molar refractivity (Wildman–Crippen MR) is 76.6 cm³/mol. The van der Waals surface area contributed by atoms with E-state index in [2.05, 4.69) is 5.32 Å². The number of nitrogens with two attached hydrogens (primary N) is 1. The highest BCUT2D eigenvalue weighted by atomic mass is 16.4. The van der Waals surface area contributed by atoms with E-state index >= 15 is 0 Å². The number of amides is 2. The van der Waals surface area contributed by atoms with Gasteiger partial charge in [-0.15, -0.1) is 0 Å². The highest BCUT2D eigenvalue weighted by Gasteiger charge is 2.23. The Bertz CT molecular complexity index is 706. The predicted octanol–water partition coefficient (Wildman–Crippen LogP) is 0.898. The van der Waals surface area contributed by atoms with Crippen LogP contribution in [0.1, 0.15) is 16.8 Å². The van der Waals surface area contributed by atoms with Crippen molar-refractivity contribution in [3.05, 3.63) is 48.0 Å². The number of carboxylic acids is 1. The monoisotopic (exact) mass is 286 g/mol. The van der Waals surface area contributed by atoms with E-state index in [0.717, 1.165) is 5.39 Å². The van der Waals surface area contributed by atoms with Gasteiger partial charge in [0.1, 0.15) is 6.04 Å². The average Bonchev–Trinajstić information content (AvgIpc) is 2.45. The van der Waals surface area contributed by atoms with Gasteiger partial charge in [-0.3, -0.25) is 9.59 Å². The minimum absolute atomic E-state index is 0.351. The van der Waals surface area contributed by atoms with Crippen molar-refractivity contribution >= 4 is 28.6 Å². The van der Waals surface area contributed by atoms with Gasteiger partial charge in [-0.05, 0) is 16.8 Å². The summed E-state index contributed by atoms with van der Waals surface area (Å²) in [5, 5.41) is 12.9. The molecule has 0 saturated carbocycles. The maximum atomic E-state index is 12.2. The lowest BCUT2D eigenvalue weighted by atomic mass is 10.0. The number of nitrogens with one attached hydrogen (secondary N) is 1. The number of rotatable bonds is 5. The van der Waals surface area contributed by atoms with Crippen LogP contribution in [0, 0.1) is 0 Å². The molecule has 0 aliphatic heterocycles. The van der Waals surface area contributed by atoms with E-state index in [9.17, 15) is 14.4 Å². The lowest BCUT2D eigenvalue weighted by Crippen LogP contribution is -2.43. The topological polar surface area (TPSA) is 109 Å². The summed E-state index contributed by atoms with van der Waals surface area (Å²) in [7, 11) is 0. The minimum Gasteiger partial charge on any atom is -0.480 e. The van der Waals surface area contributed by atoms with Gasteiger partial charge in [0.05, 0.1) is 6.42 Å². The quantitative estimate of drug-likeness (QED) is 0.758. The summed E-state index contributed by atoms with van der Waals surface area (Å²) in [5.41, 5.74) is 5.33. The summed E-state index contributed by atoms with van der Waals surface area (Å²) in [6.45, 7) is 0. The van der Waals surface area contributed by atoms with Gasteiger partial charge >= 0.3 is 5.97 Å². The minimum atomic E-state index is -1.34. The zero-order valence-corrected chi connectivity index (χ0v) is 11.1. The third kappa shape index (κ3) is 3.36. The normalized spacial score (nSPS) is 11.8. The lowest BCUT2D eigenvalue weighted by Gasteiger charge is -2.14. The van der Waals surface area contributed by atoms with Crippen molar-refractivity contribution in [3.8, 4) is 0 Å². The Morgan fingerprint density at radius 2 is 1.76 bits per heavy atom. The van der Waals surface area contributed by atoms with E-state index in [1.807, 2.05) is 18.2 Å². The van der Waals surface area contributed by atoms with Crippen LogP contribution in [0.5, 0.6) is 0 Å². The van der Waals surface area contributed by atoms with Crippen LogP contribution in [-0.2, 0) is 9.59 Å². The van der Waals surface area contributed by atoms with Gasteiger partial charge in [-0.1, -0.05) is 36.4 Å². The number of benzene rings is 2. The molecule has 108 valence electrons. The van der Waals surface area contributed by atoms with Gasteiger partial charge in [-0.2, -0.15) is 0 Å². The Morgan fingerprint density at radius 3 is 2.43 bits per heavy atom. The van der Waals surface area contributed by atoms with Crippen LogP contribution in [0.15, 0.2) is 42.5 Å². The van der Waals surface area contributed by atoms with Crippen molar-refractivity contribution < 1.29 is 19.5 Å². The first-order valence-corrected chi connectivity index (χ1v) is 6.29. The number of primary amides is 1. The number of hydrogen-bond acceptors (Lipinski definition) is 3. The molecule has 0 spiro atoms. The molecule has 0 fully saturated rings. The van der Waals surface area contributed by atoms with Crippen molar-refractivity contribution in [1.82, 2.24) is 5.32 Å². The van der Waals surface area contributed by atoms with Crippen LogP contribution in [0.25, 0.3) is 10.8 Å². The van der Waals surface area contributed by atoms with Crippen LogP contribution >= 0.6 is 0 Å². The van der Waals surface area contributed by atoms with Crippen molar-refractivity contribution in [1.29, 1.82) is 0 Å². The summed E-state index contributed by atoms with van der Waals surface area (Å²) >= 11 is 0.